The molecule has 0 unspecified atom stereocenters. The van der Waals surface area contributed by atoms with Gasteiger partial charge in [0.15, 0.2) is 0 Å². The van der Waals surface area contributed by atoms with Crippen molar-refractivity contribution >= 4 is 33.2 Å². The summed E-state index contributed by atoms with van der Waals surface area (Å²) in [7, 11) is -2.40. The lowest BCUT2D eigenvalue weighted by molar-refractivity contribution is 0.102. The molecule has 140 valence electrons. The molecule has 2 rings (SSSR count). The third kappa shape index (κ3) is 4.72. The van der Waals surface area contributed by atoms with Crippen LogP contribution in [0.1, 0.15) is 24.2 Å². The maximum atomic E-state index is 14.0. The molecule has 1 amide bonds. The summed E-state index contributed by atoms with van der Waals surface area (Å²) in [6, 6.07) is 7.19. The molecular formula is C17H18ClFN2O4S. The molecule has 0 fully saturated rings. The van der Waals surface area contributed by atoms with Gasteiger partial charge in [0.1, 0.15) is 11.6 Å². The van der Waals surface area contributed by atoms with Gasteiger partial charge in [0.05, 0.1) is 22.6 Å². The summed E-state index contributed by atoms with van der Waals surface area (Å²) in [6.07, 6.45) is 0. The first-order valence-corrected chi connectivity index (χ1v) is 9.47. The van der Waals surface area contributed by atoms with Crippen molar-refractivity contribution in [2.45, 2.75) is 24.8 Å². The van der Waals surface area contributed by atoms with Gasteiger partial charge in [-0.25, -0.2) is 17.5 Å². The Labute approximate surface area is 156 Å². The molecule has 0 spiro atoms. The highest BCUT2D eigenvalue weighted by Gasteiger charge is 2.20. The summed E-state index contributed by atoms with van der Waals surface area (Å²) in [5.41, 5.74) is -0.0858. The fourth-order valence-electron chi connectivity index (χ4n) is 2.17. The first-order valence-electron chi connectivity index (χ1n) is 7.61. The predicted octanol–water partition coefficient (Wildman–Crippen LogP) is 3.43. The van der Waals surface area contributed by atoms with Crippen LogP contribution in [0, 0.1) is 5.82 Å². The average Bonchev–Trinajstić information content (AvgIpc) is 2.54. The van der Waals surface area contributed by atoms with Crippen LogP contribution in [0.3, 0.4) is 0 Å². The number of sulfonamides is 1. The van der Waals surface area contributed by atoms with Gasteiger partial charge < -0.3 is 10.1 Å². The average molecular weight is 401 g/mol. The van der Waals surface area contributed by atoms with Gasteiger partial charge >= 0.3 is 0 Å². The van der Waals surface area contributed by atoms with Crippen molar-refractivity contribution in [1.29, 1.82) is 0 Å². The Morgan fingerprint density at radius 2 is 1.88 bits per heavy atom. The topological polar surface area (TPSA) is 84.5 Å². The second-order valence-corrected chi connectivity index (χ2v) is 7.84. The summed E-state index contributed by atoms with van der Waals surface area (Å²) in [5, 5.41) is 2.74. The Bertz CT molecular complexity index is 932. The van der Waals surface area contributed by atoms with Crippen molar-refractivity contribution in [3.8, 4) is 5.75 Å². The molecule has 6 nitrogen and oxygen atoms in total. The lowest BCUT2D eigenvalue weighted by atomic mass is 10.2. The van der Waals surface area contributed by atoms with E-state index in [2.05, 4.69) is 10.0 Å². The van der Waals surface area contributed by atoms with Crippen LogP contribution in [-0.2, 0) is 10.0 Å². The summed E-state index contributed by atoms with van der Waals surface area (Å²) < 4.78 is 45.9. The van der Waals surface area contributed by atoms with E-state index in [1.54, 1.807) is 19.9 Å². The molecular weight excluding hydrogens is 383 g/mol. The van der Waals surface area contributed by atoms with E-state index in [0.717, 1.165) is 18.2 Å². The number of methoxy groups -OCH3 is 1. The quantitative estimate of drug-likeness (QED) is 0.778. The van der Waals surface area contributed by atoms with Crippen LogP contribution in [-0.4, -0.2) is 27.5 Å². The normalized spacial score (nSPS) is 11.5. The molecule has 0 saturated heterocycles. The zero-order chi connectivity index (χ0) is 19.5. The van der Waals surface area contributed by atoms with E-state index in [4.69, 9.17) is 16.3 Å². The van der Waals surface area contributed by atoms with Crippen molar-refractivity contribution in [3.05, 3.63) is 52.8 Å². The third-order valence-electron chi connectivity index (χ3n) is 3.29. The van der Waals surface area contributed by atoms with Crippen LogP contribution in [0.15, 0.2) is 41.3 Å². The van der Waals surface area contributed by atoms with E-state index in [0.29, 0.717) is 11.4 Å². The van der Waals surface area contributed by atoms with Gasteiger partial charge in [-0.15, -0.1) is 0 Å². The number of amides is 1. The van der Waals surface area contributed by atoms with Gasteiger partial charge in [-0.1, -0.05) is 11.6 Å². The molecule has 2 aromatic carbocycles. The number of hydrogen-bond donors (Lipinski definition) is 2. The summed E-state index contributed by atoms with van der Waals surface area (Å²) in [4.78, 5) is 12.2. The second-order valence-electron chi connectivity index (χ2n) is 5.72. The number of carbonyl (C=O) groups is 1. The Hall–Kier alpha value is -2.16. The van der Waals surface area contributed by atoms with E-state index in [-0.39, 0.29) is 16.0 Å². The highest BCUT2D eigenvalue weighted by atomic mass is 35.5. The first-order chi connectivity index (χ1) is 12.1. The van der Waals surface area contributed by atoms with E-state index < -0.39 is 27.3 Å². The van der Waals surface area contributed by atoms with Crippen molar-refractivity contribution in [3.63, 3.8) is 0 Å². The summed E-state index contributed by atoms with van der Waals surface area (Å²) in [6.45, 7) is 3.31. The van der Waals surface area contributed by atoms with Crippen LogP contribution < -0.4 is 14.8 Å². The van der Waals surface area contributed by atoms with E-state index in [1.165, 1.54) is 19.2 Å². The largest absolute Gasteiger partial charge is 0.495 e. The van der Waals surface area contributed by atoms with Crippen LogP contribution >= 0.6 is 11.6 Å². The SMILES string of the molecule is COc1ccc(NC(=O)c2cc(S(=O)(=O)NC(C)C)ccc2F)cc1Cl. The van der Waals surface area contributed by atoms with Gasteiger partial charge in [-0.2, -0.15) is 0 Å². The van der Waals surface area contributed by atoms with Gasteiger partial charge in [0.25, 0.3) is 5.91 Å². The molecule has 0 bridgehead atoms. The van der Waals surface area contributed by atoms with Gasteiger partial charge in [0, 0.05) is 11.7 Å². The third-order valence-corrected chi connectivity index (χ3v) is 5.24. The number of halogens is 2. The van der Waals surface area contributed by atoms with Crippen LogP contribution in [0.5, 0.6) is 5.75 Å². The summed E-state index contributed by atoms with van der Waals surface area (Å²) in [5.74, 6) is -1.22. The second kappa shape index (κ2) is 8.03. The molecule has 0 aliphatic carbocycles. The van der Waals surface area contributed by atoms with Crippen molar-refractivity contribution in [2.24, 2.45) is 0 Å². The van der Waals surface area contributed by atoms with Gasteiger partial charge in [-0.05, 0) is 50.2 Å². The Kier molecular flexibility index (Phi) is 6.22. The van der Waals surface area contributed by atoms with Crippen LogP contribution in [0.25, 0.3) is 0 Å². The number of benzene rings is 2. The lowest BCUT2D eigenvalue weighted by Gasteiger charge is -2.12. The van der Waals surface area contributed by atoms with E-state index in [9.17, 15) is 17.6 Å². The van der Waals surface area contributed by atoms with Crippen molar-refractivity contribution < 1.29 is 22.3 Å². The van der Waals surface area contributed by atoms with Gasteiger partial charge in [-0.3, -0.25) is 4.79 Å². The molecule has 0 heterocycles. The highest BCUT2D eigenvalue weighted by molar-refractivity contribution is 7.89. The molecule has 0 aliphatic rings. The molecule has 0 saturated carbocycles. The molecule has 26 heavy (non-hydrogen) atoms. The van der Waals surface area contributed by atoms with Crippen LogP contribution in [0.2, 0.25) is 5.02 Å². The zero-order valence-corrected chi connectivity index (χ0v) is 15.9. The monoisotopic (exact) mass is 400 g/mol. The first kappa shape index (κ1) is 20.2. The standard InChI is InChI=1S/C17H18ClFN2O4S/c1-10(2)21-26(23,24)12-5-6-15(19)13(9-12)17(22)20-11-4-7-16(25-3)14(18)8-11/h4-10,21H,1-3H3,(H,20,22). The Morgan fingerprint density at radius 3 is 2.46 bits per heavy atom. The van der Waals surface area contributed by atoms with Crippen LogP contribution in [0.4, 0.5) is 10.1 Å². The number of nitrogens with one attached hydrogen (secondary N) is 2. The number of ether oxygens (including phenoxy) is 1. The minimum absolute atomic E-state index is 0.203. The van der Waals surface area contributed by atoms with Crippen molar-refractivity contribution in [1.82, 2.24) is 4.72 Å². The van der Waals surface area contributed by atoms with E-state index in [1.807, 2.05) is 0 Å². The smallest absolute Gasteiger partial charge is 0.258 e. The van der Waals surface area contributed by atoms with E-state index >= 15 is 0 Å². The molecule has 0 aliphatic heterocycles. The highest BCUT2D eigenvalue weighted by Crippen LogP contribution is 2.27. The fourth-order valence-corrected chi connectivity index (χ4v) is 3.70. The maximum Gasteiger partial charge on any atom is 0.258 e. The van der Waals surface area contributed by atoms with Crippen molar-refractivity contribution in [2.75, 3.05) is 12.4 Å². The molecule has 0 radical (unpaired) electrons. The molecule has 0 atom stereocenters. The fraction of sp³-hybridized carbons (Fsp3) is 0.235. The minimum atomic E-state index is -3.86. The molecule has 0 aromatic heterocycles. The Balaban J connectivity index is 2.31. The summed E-state index contributed by atoms with van der Waals surface area (Å²) >= 11 is 5.99. The molecule has 9 heteroatoms. The number of carbonyl (C=O) groups excluding carboxylic acids is 1. The minimum Gasteiger partial charge on any atom is -0.495 e. The van der Waals surface area contributed by atoms with Gasteiger partial charge in [0.2, 0.25) is 10.0 Å². The lowest BCUT2D eigenvalue weighted by Crippen LogP contribution is -2.30. The number of rotatable bonds is 6. The predicted molar refractivity (Wildman–Crippen MR) is 97.8 cm³/mol. The molecule has 2 aromatic rings. The number of anilines is 1. The zero-order valence-electron chi connectivity index (χ0n) is 14.3. The molecule has 2 N–H and O–H groups in total. The maximum absolute atomic E-state index is 14.0. The Morgan fingerprint density at radius 1 is 1.19 bits per heavy atom. The number of hydrogen-bond acceptors (Lipinski definition) is 4.